The van der Waals surface area contributed by atoms with Crippen molar-refractivity contribution in [2.45, 2.75) is 10.2 Å². The van der Waals surface area contributed by atoms with Gasteiger partial charge >= 0.3 is 6.03 Å². The van der Waals surface area contributed by atoms with Crippen molar-refractivity contribution in [1.29, 1.82) is 0 Å². The Balaban J connectivity index is 3.29. The second kappa shape index (κ2) is 4.11. The van der Waals surface area contributed by atoms with Crippen LogP contribution >= 0.6 is 34.8 Å². The van der Waals surface area contributed by atoms with Crippen molar-refractivity contribution >= 4 is 40.8 Å². The third kappa shape index (κ3) is 8.14. The molecule has 0 aromatic carbocycles. The van der Waals surface area contributed by atoms with Crippen molar-refractivity contribution in [2.75, 3.05) is 6.54 Å². The van der Waals surface area contributed by atoms with Crippen LogP contribution < -0.4 is 11.1 Å². The number of halogens is 3. The van der Waals surface area contributed by atoms with Gasteiger partial charge in [-0.15, -0.1) is 0 Å². The number of hydrogen-bond acceptors (Lipinski definition) is 1. The first-order valence-corrected chi connectivity index (χ1v) is 3.65. The van der Waals surface area contributed by atoms with Gasteiger partial charge in [-0.3, -0.25) is 0 Å². The van der Waals surface area contributed by atoms with Crippen LogP contribution in [0, 0.1) is 0 Å². The Bertz CT molecular complexity index is 122. The fraction of sp³-hybridized carbons (Fsp3) is 0.750. The van der Waals surface area contributed by atoms with E-state index in [1.807, 2.05) is 0 Å². The van der Waals surface area contributed by atoms with E-state index in [0.29, 0.717) is 0 Å². The second-order valence-electron chi connectivity index (χ2n) is 1.66. The van der Waals surface area contributed by atoms with Gasteiger partial charge in [0.1, 0.15) is 0 Å². The first-order valence-electron chi connectivity index (χ1n) is 2.52. The molecule has 60 valence electrons. The summed E-state index contributed by atoms with van der Waals surface area (Å²) < 4.78 is -1.32. The molecule has 0 aliphatic carbocycles. The number of nitrogens with one attached hydrogen (secondary N) is 1. The van der Waals surface area contributed by atoms with Gasteiger partial charge in [0.25, 0.3) is 0 Å². The molecule has 0 bridgehead atoms. The summed E-state index contributed by atoms with van der Waals surface area (Å²) in [7, 11) is 0. The van der Waals surface area contributed by atoms with Crippen LogP contribution in [-0.4, -0.2) is 16.4 Å². The summed E-state index contributed by atoms with van der Waals surface area (Å²) in [4.78, 5) is 10.1. The standard InChI is InChI=1S/C4H7Cl3N2O/c5-4(6,7)1-2-9-3(8)10/h1-2H2,(H3,8,9,10). The lowest BCUT2D eigenvalue weighted by atomic mass is 10.5. The normalized spacial score (nSPS) is 11.1. The number of carbonyl (C=O) groups is 1. The highest BCUT2D eigenvalue weighted by Crippen LogP contribution is 2.28. The van der Waals surface area contributed by atoms with E-state index in [1.165, 1.54) is 0 Å². The van der Waals surface area contributed by atoms with Crippen LogP contribution in [0.25, 0.3) is 0 Å². The van der Waals surface area contributed by atoms with Crippen molar-refractivity contribution in [1.82, 2.24) is 5.32 Å². The topological polar surface area (TPSA) is 55.1 Å². The van der Waals surface area contributed by atoms with Gasteiger partial charge < -0.3 is 11.1 Å². The van der Waals surface area contributed by atoms with E-state index in [9.17, 15) is 4.79 Å². The minimum atomic E-state index is -1.32. The maximum absolute atomic E-state index is 10.1. The molecule has 0 radical (unpaired) electrons. The van der Waals surface area contributed by atoms with Gasteiger partial charge in [-0.2, -0.15) is 0 Å². The molecule has 0 spiro atoms. The SMILES string of the molecule is NC(=O)NCCC(Cl)(Cl)Cl. The number of carbonyl (C=O) groups excluding carboxylic acids is 1. The van der Waals surface area contributed by atoms with Crippen LogP contribution in [0.5, 0.6) is 0 Å². The van der Waals surface area contributed by atoms with Crippen LogP contribution in [0.15, 0.2) is 0 Å². The summed E-state index contributed by atoms with van der Waals surface area (Å²) in [6, 6.07) is -0.616. The first-order chi connectivity index (χ1) is 4.42. The van der Waals surface area contributed by atoms with Gasteiger partial charge in [0, 0.05) is 13.0 Å². The Labute approximate surface area is 73.8 Å². The highest BCUT2D eigenvalue weighted by molar-refractivity contribution is 6.67. The molecule has 0 aliphatic heterocycles. The lowest BCUT2D eigenvalue weighted by Crippen LogP contribution is -2.31. The molecule has 3 nitrogen and oxygen atoms in total. The zero-order valence-electron chi connectivity index (χ0n) is 5.03. The van der Waals surface area contributed by atoms with Gasteiger partial charge in [0.2, 0.25) is 0 Å². The zero-order chi connectivity index (χ0) is 8.20. The Morgan fingerprint density at radius 3 is 2.30 bits per heavy atom. The lowest BCUT2D eigenvalue weighted by molar-refractivity contribution is 0.249. The van der Waals surface area contributed by atoms with E-state index in [2.05, 4.69) is 5.32 Å². The molecule has 0 unspecified atom stereocenters. The Kier molecular flexibility index (Phi) is 4.17. The molecule has 2 amide bonds. The van der Waals surface area contributed by atoms with Crippen molar-refractivity contribution < 1.29 is 4.79 Å². The smallest absolute Gasteiger partial charge is 0.312 e. The van der Waals surface area contributed by atoms with Gasteiger partial charge in [0.05, 0.1) is 0 Å². The van der Waals surface area contributed by atoms with E-state index in [0.717, 1.165) is 0 Å². The molecule has 0 aliphatic rings. The first kappa shape index (κ1) is 10.1. The molecule has 0 fully saturated rings. The molecule has 0 rings (SSSR count). The van der Waals surface area contributed by atoms with E-state index in [1.54, 1.807) is 0 Å². The Morgan fingerprint density at radius 1 is 1.50 bits per heavy atom. The van der Waals surface area contributed by atoms with Gasteiger partial charge in [-0.05, 0) is 0 Å². The third-order valence-corrected chi connectivity index (χ3v) is 1.27. The minimum Gasteiger partial charge on any atom is -0.352 e. The van der Waals surface area contributed by atoms with Crippen molar-refractivity contribution in [3.05, 3.63) is 0 Å². The maximum atomic E-state index is 10.1. The molecule has 6 heteroatoms. The van der Waals surface area contributed by atoms with Crippen LogP contribution in [0.4, 0.5) is 4.79 Å². The van der Waals surface area contributed by atoms with Crippen LogP contribution in [0.2, 0.25) is 0 Å². The molecule has 0 saturated heterocycles. The third-order valence-electron chi connectivity index (χ3n) is 0.708. The summed E-state index contributed by atoms with van der Waals surface area (Å²) in [5, 5.41) is 2.29. The van der Waals surface area contributed by atoms with E-state index >= 15 is 0 Å². The second-order valence-corrected chi connectivity index (χ2v) is 4.17. The molecular formula is C4H7Cl3N2O. The Morgan fingerprint density at radius 2 is 2.00 bits per heavy atom. The lowest BCUT2D eigenvalue weighted by Gasteiger charge is -2.09. The van der Waals surface area contributed by atoms with Crippen molar-refractivity contribution in [2.24, 2.45) is 5.73 Å². The summed E-state index contributed by atoms with van der Waals surface area (Å²) in [6.07, 6.45) is 0.251. The van der Waals surface area contributed by atoms with Gasteiger partial charge in [-0.1, -0.05) is 34.8 Å². The monoisotopic (exact) mass is 204 g/mol. The Hall–Kier alpha value is 0.140. The number of nitrogens with two attached hydrogens (primary N) is 1. The summed E-state index contributed by atoms with van der Waals surface area (Å²) >= 11 is 16.1. The highest BCUT2D eigenvalue weighted by Gasteiger charge is 2.18. The summed E-state index contributed by atoms with van der Waals surface area (Å²) in [5.41, 5.74) is 4.74. The van der Waals surface area contributed by atoms with Gasteiger partial charge in [0.15, 0.2) is 3.79 Å². The number of rotatable bonds is 2. The molecule has 0 aromatic heterocycles. The number of alkyl halides is 3. The fourth-order valence-electron chi connectivity index (χ4n) is 0.327. The minimum absolute atomic E-state index is 0.251. The molecule has 0 saturated carbocycles. The van der Waals surface area contributed by atoms with Crippen molar-refractivity contribution in [3.8, 4) is 0 Å². The van der Waals surface area contributed by atoms with Crippen LogP contribution in [-0.2, 0) is 0 Å². The predicted octanol–water partition coefficient (Wildman–Crippen LogP) is 1.42. The molecule has 3 N–H and O–H groups in total. The van der Waals surface area contributed by atoms with E-state index < -0.39 is 9.82 Å². The van der Waals surface area contributed by atoms with Gasteiger partial charge in [-0.25, -0.2) is 4.79 Å². The molecule has 0 aromatic rings. The summed E-state index contributed by atoms with van der Waals surface area (Å²) in [6.45, 7) is 0.270. The fourth-order valence-corrected chi connectivity index (χ4v) is 0.611. The predicted molar refractivity (Wildman–Crippen MR) is 42.5 cm³/mol. The largest absolute Gasteiger partial charge is 0.352 e. The zero-order valence-corrected chi connectivity index (χ0v) is 7.30. The molecule has 0 heterocycles. The van der Waals surface area contributed by atoms with Crippen LogP contribution in [0.1, 0.15) is 6.42 Å². The number of amides is 2. The molecule has 10 heavy (non-hydrogen) atoms. The average Bonchev–Trinajstić information content (AvgIpc) is 1.59. The summed E-state index contributed by atoms with van der Waals surface area (Å²) in [5.74, 6) is 0. The van der Waals surface area contributed by atoms with Crippen molar-refractivity contribution in [3.63, 3.8) is 0 Å². The highest BCUT2D eigenvalue weighted by atomic mass is 35.6. The maximum Gasteiger partial charge on any atom is 0.312 e. The number of primary amides is 1. The number of urea groups is 1. The van der Waals surface area contributed by atoms with Crippen LogP contribution in [0.3, 0.4) is 0 Å². The van der Waals surface area contributed by atoms with E-state index in [-0.39, 0.29) is 13.0 Å². The quantitative estimate of drug-likeness (QED) is 0.658. The molecule has 0 atom stereocenters. The number of hydrogen-bond donors (Lipinski definition) is 2. The molecular weight excluding hydrogens is 198 g/mol. The average molecular weight is 205 g/mol. The van der Waals surface area contributed by atoms with E-state index in [4.69, 9.17) is 40.5 Å².